The number of nitrogens with zero attached hydrogens (tertiary/aromatic N) is 2. The van der Waals surface area contributed by atoms with Crippen LogP contribution in [0.5, 0.6) is 5.75 Å². The van der Waals surface area contributed by atoms with Crippen LogP contribution in [0.15, 0.2) is 69.7 Å². The van der Waals surface area contributed by atoms with Gasteiger partial charge in [-0.05, 0) is 93.4 Å². The van der Waals surface area contributed by atoms with Crippen LogP contribution in [-0.2, 0) is 16.4 Å². The Labute approximate surface area is 272 Å². The largest absolute Gasteiger partial charge is 0.494 e. The van der Waals surface area contributed by atoms with Gasteiger partial charge in [-0.15, -0.1) is 0 Å². The molecule has 0 fully saturated rings. The van der Waals surface area contributed by atoms with Gasteiger partial charge in [0.1, 0.15) is 17.1 Å². The van der Waals surface area contributed by atoms with Crippen molar-refractivity contribution in [3.05, 3.63) is 83.5 Å². The summed E-state index contributed by atoms with van der Waals surface area (Å²) in [5.41, 5.74) is 1.33. The van der Waals surface area contributed by atoms with Gasteiger partial charge in [0.05, 0.1) is 30.4 Å². The highest BCUT2D eigenvalue weighted by atomic mass is 32.2. The molecule has 9 nitrogen and oxygen atoms in total. The van der Waals surface area contributed by atoms with E-state index in [0.717, 1.165) is 45.2 Å². The first-order chi connectivity index (χ1) is 22.2. The molecule has 46 heavy (non-hydrogen) atoms. The number of sulfonamides is 1. The fourth-order valence-corrected chi connectivity index (χ4v) is 6.30. The first-order valence-electron chi connectivity index (χ1n) is 16.3. The predicted octanol–water partition coefficient (Wildman–Crippen LogP) is 7.88. The third kappa shape index (κ3) is 8.88. The van der Waals surface area contributed by atoms with Crippen LogP contribution < -0.4 is 9.04 Å². The maximum absolute atomic E-state index is 14.0. The summed E-state index contributed by atoms with van der Waals surface area (Å²) < 4.78 is 43.6. The standard InChI is InChI=1S/C36H46N2O7S/c1-5-8-13-32-34(30-26-28(17-20-31(30)45-32)38(46(4,41)42)36(40)33-14-11-24-44-33)35(39)27-15-18-29(19-16-27)43-25-12-23-37(21-9-6-2)22-10-7-3/h11,14-20,24,26H,5-10,12-13,21-23,25H2,1-4H3. The number of ketones is 1. The van der Waals surface area contributed by atoms with Gasteiger partial charge in [-0.25, -0.2) is 12.7 Å². The van der Waals surface area contributed by atoms with E-state index in [1.54, 1.807) is 30.3 Å². The molecule has 1 amide bonds. The smallest absolute Gasteiger partial charge is 0.307 e. The van der Waals surface area contributed by atoms with Crippen molar-refractivity contribution in [2.45, 2.75) is 72.1 Å². The van der Waals surface area contributed by atoms with Crippen molar-refractivity contribution in [2.24, 2.45) is 0 Å². The Bertz CT molecular complexity index is 1670. The van der Waals surface area contributed by atoms with E-state index >= 15 is 0 Å². The number of rotatable bonds is 19. The molecule has 0 aliphatic rings. The highest BCUT2D eigenvalue weighted by Gasteiger charge is 2.30. The summed E-state index contributed by atoms with van der Waals surface area (Å²) in [4.78, 5) is 29.7. The zero-order chi connectivity index (χ0) is 33.1. The van der Waals surface area contributed by atoms with Crippen molar-refractivity contribution < 1.29 is 31.6 Å². The normalized spacial score (nSPS) is 11.8. The number of fused-ring (bicyclic) bond motifs is 1. The first kappa shape index (κ1) is 35.0. The Morgan fingerprint density at radius 3 is 2.13 bits per heavy atom. The van der Waals surface area contributed by atoms with E-state index in [1.807, 2.05) is 0 Å². The van der Waals surface area contributed by atoms with Crippen LogP contribution in [0.2, 0.25) is 0 Å². The third-order valence-corrected chi connectivity index (χ3v) is 8.91. The number of hydrogen-bond donors (Lipinski definition) is 0. The van der Waals surface area contributed by atoms with E-state index in [9.17, 15) is 18.0 Å². The zero-order valence-electron chi connectivity index (χ0n) is 27.4. The van der Waals surface area contributed by atoms with E-state index in [2.05, 4.69) is 25.7 Å². The second-order valence-electron chi connectivity index (χ2n) is 11.6. The Morgan fingerprint density at radius 2 is 1.52 bits per heavy atom. The summed E-state index contributed by atoms with van der Waals surface area (Å²) in [5, 5.41) is 0.436. The van der Waals surface area contributed by atoms with Gasteiger partial charge in [0.25, 0.3) is 0 Å². The lowest BCUT2D eigenvalue weighted by atomic mass is 9.98. The van der Waals surface area contributed by atoms with Crippen molar-refractivity contribution in [1.29, 1.82) is 0 Å². The van der Waals surface area contributed by atoms with Gasteiger partial charge in [0, 0.05) is 23.9 Å². The van der Waals surface area contributed by atoms with Crippen molar-refractivity contribution in [1.82, 2.24) is 4.90 Å². The number of furan rings is 2. The molecular weight excluding hydrogens is 604 g/mol. The van der Waals surface area contributed by atoms with Crippen LogP contribution in [0.3, 0.4) is 0 Å². The highest BCUT2D eigenvalue weighted by Crippen LogP contribution is 2.34. The summed E-state index contributed by atoms with van der Waals surface area (Å²) >= 11 is 0. The topological polar surface area (TPSA) is 110 Å². The number of aryl methyl sites for hydroxylation is 1. The van der Waals surface area contributed by atoms with E-state index in [-0.39, 0.29) is 17.2 Å². The molecule has 0 N–H and O–H groups in total. The maximum Gasteiger partial charge on any atom is 0.307 e. The maximum atomic E-state index is 14.0. The molecule has 0 unspecified atom stereocenters. The molecule has 4 aromatic rings. The molecule has 0 saturated carbocycles. The number of benzene rings is 2. The monoisotopic (exact) mass is 650 g/mol. The zero-order valence-corrected chi connectivity index (χ0v) is 28.2. The number of amides is 1. The van der Waals surface area contributed by atoms with Crippen molar-refractivity contribution >= 4 is 38.4 Å². The second-order valence-corrected chi connectivity index (χ2v) is 13.4. The first-order valence-corrected chi connectivity index (χ1v) is 18.2. The average molecular weight is 651 g/mol. The SMILES string of the molecule is CCCCc1oc2ccc(N(C(=O)c3ccco3)S(C)(=O)=O)cc2c1C(=O)c1ccc(OCCCN(CCCC)CCCC)cc1. The molecule has 2 aromatic heterocycles. The number of ether oxygens (including phenoxy) is 1. The van der Waals surface area contributed by atoms with E-state index < -0.39 is 15.9 Å². The quantitative estimate of drug-likeness (QED) is 0.0745. The lowest BCUT2D eigenvalue weighted by Gasteiger charge is -2.21. The summed E-state index contributed by atoms with van der Waals surface area (Å²) in [5.74, 6) is 0.0125. The molecule has 248 valence electrons. The van der Waals surface area contributed by atoms with E-state index in [0.29, 0.717) is 50.9 Å². The number of carbonyl (C=O) groups excluding carboxylic acids is 2. The van der Waals surface area contributed by atoms with Gasteiger partial charge in [0.15, 0.2) is 11.5 Å². The van der Waals surface area contributed by atoms with Crippen molar-refractivity contribution in [3.8, 4) is 5.75 Å². The van der Waals surface area contributed by atoms with E-state index in [4.69, 9.17) is 13.6 Å². The highest BCUT2D eigenvalue weighted by molar-refractivity contribution is 7.92. The summed E-state index contributed by atoms with van der Waals surface area (Å²) in [6.07, 6.45) is 10.2. The molecule has 0 spiro atoms. The predicted molar refractivity (Wildman–Crippen MR) is 181 cm³/mol. The Kier molecular flexibility index (Phi) is 12.6. The van der Waals surface area contributed by atoms with Gasteiger partial charge in [-0.1, -0.05) is 40.0 Å². The minimum absolute atomic E-state index is 0.0833. The number of hydrogen-bond acceptors (Lipinski definition) is 8. The fraction of sp³-hybridized carbons (Fsp3) is 0.444. The molecule has 2 heterocycles. The van der Waals surface area contributed by atoms with Crippen LogP contribution in [0.1, 0.15) is 98.0 Å². The minimum atomic E-state index is -4.04. The van der Waals surface area contributed by atoms with Gasteiger partial charge in [0.2, 0.25) is 10.0 Å². The molecule has 10 heteroatoms. The van der Waals surface area contributed by atoms with Gasteiger partial charge >= 0.3 is 5.91 Å². The van der Waals surface area contributed by atoms with Gasteiger partial charge < -0.3 is 18.5 Å². The Morgan fingerprint density at radius 1 is 0.848 bits per heavy atom. The average Bonchev–Trinajstić information content (AvgIpc) is 3.71. The molecule has 0 saturated heterocycles. The summed E-state index contributed by atoms with van der Waals surface area (Å²) in [6.45, 7) is 10.3. The number of carbonyl (C=O) groups is 2. The van der Waals surface area contributed by atoms with Crippen molar-refractivity contribution in [2.75, 3.05) is 36.8 Å². The van der Waals surface area contributed by atoms with Gasteiger partial charge in [-0.2, -0.15) is 0 Å². The Hall–Kier alpha value is -3.89. The molecule has 0 bridgehead atoms. The molecule has 4 rings (SSSR count). The lowest BCUT2D eigenvalue weighted by molar-refractivity contribution is 0.0978. The van der Waals surface area contributed by atoms with Crippen LogP contribution in [0.4, 0.5) is 5.69 Å². The van der Waals surface area contributed by atoms with Crippen LogP contribution in [0, 0.1) is 0 Å². The molecule has 0 radical (unpaired) electrons. The molecular formula is C36H46N2O7S. The molecule has 2 aromatic carbocycles. The van der Waals surface area contributed by atoms with Crippen LogP contribution in [-0.4, -0.2) is 57.5 Å². The van der Waals surface area contributed by atoms with Gasteiger partial charge in [-0.3, -0.25) is 9.59 Å². The lowest BCUT2D eigenvalue weighted by Crippen LogP contribution is -2.36. The molecule has 0 aliphatic carbocycles. The fourth-order valence-electron chi connectivity index (χ4n) is 5.41. The molecule has 0 atom stereocenters. The number of anilines is 1. The van der Waals surface area contributed by atoms with E-state index in [1.165, 1.54) is 56.2 Å². The Balaban J connectivity index is 1.56. The second kappa shape index (κ2) is 16.6. The minimum Gasteiger partial charge on any atom is -0.494 e. The van der Waals surface area contributed by atoms with Crippen LogP contribution in [0.25, 0.3) is 11.0 Å². The number of unbranched alkanes of at least 4 members (excludes halogenated alkanes) is 3. The summed E-state index contributed by atoms with van der Waals surface area (Å²) in [7, 11) is -4.04. The van der Waals surface area contributed by atoms with Crippen LogP contribution >= 0.6 is 0 Å². The summed E-state index contributed by atoms with van der Waals surface area (Å²) in [6, 6.07) is 14.6. The van der Waals surface area contributed by atoms with Crippen molar-refractivity contribution in [3.63, 3.8) is 0 Å². The molecule has 0 aliphatic heterocycles. The third-order valence-electron chi connectivity index (χ3n) is 7.87.